The zero-order chi connectivity index (χ0) is 17.4. The van der Waals surface area contributed by atoms with Crippen LogP contribution in [0.2, 0.25) is 5.02 Å². The van der Waals surface area contributed by atoms with E-state index in [1.54, 1.807) is 23.4 Å². The molecule has 0 aliphatic carbocycles. The van der Waals surface area contributed by atoms with Gasteiger partial charge in [0.15, 0.2) is 0 Å². The van der Waals surface area contributed by atoms with E-state index in [1.807, 2.05) is 24.3 Å². The van der Waals surface area contributed by atoms with Crippen LogP contribution in [0.1, 0.15) is 6.42 Å². The van der Waals surface area contributed by atoms with Crippen molar-refractivity contribution in [1.29, 1.82) is 0 Å². The minimum absolute atomic E-state index is 0.0307. The molecule has 4 rings (SSSR count). The summed E-state index contributed by atoms with van der Waals surface area (Å²) in [7, 11) is 0. The summed E-state index contributed by atoms with van der Waals surface area (Å²) in [6.45, 7) is 1.41. The van der Waals surface area contributed by atoms with Crippen molar-refractivity contribution >= 4 is 40.5 Å². The fraction of sp³-hybridized carbons (Fsp3) is 0.278. The van der Waals surface area contributed by atoms with Crippen LogP contribution in [-0.4, -0.2) is 36.4 Å². The number of halogens is 1. The number of fused-ring (bicyclic) bond motifs is 1. The standard InChI is InChI=1S/C18H17ClN4O2/c19-13-3-1-2-4-15(13)22-8-6-12(10-22)18(25)23-11-17(24)21-14-9-20-7-5-16(14)23/h1-5,7,9,12H,6,8,10-11H2,(H,21,24). The molecular weight excluding hydrogens is 340 g/mol. The first kappa shape index (κ1) is 15.9. The molecule has 1 atom stereocenters. The van der Waals surface area contributed by atoms with Crippen molar-refractivity contribution in [3.8, 4) is 0 Å². The Kier molecular flexibility index (Phi) is 4.05. The van der Waals surface area contributed by atoms with E-state index in [0.717, 1.165) is 18.7 Å². The van der Waals surface area contributed by atoms with Gasteiger partial charge in [-0.1, -0.05) is 23.7 Å². The van der Waals surface area contributed by atoms with Crippen LogP contribution in [0.3, 0.4) is 0 Å². The summed E-state index contributed by atoms with van der Waals surface area (Å²) in [6, 6.07) is 9.40. The molecule has 25 heavy (non-hydrogen) atoms. The minimum atomic E-state index is -0.199. The molecule has 1 N–H and O–H groups in total. The molecule has 7 heteroatoms. The molecule has 6 nitrogen and oxygen atoms in total. The van der Waals surface area contributed by atoms with E-state index in [4.69, 9.17) is 11.6 Å². The second kappa shape index (κ2) is 6.37. The topological polar surface area (TPSA) is 65.5 Å². The van der Waals surface area contributed by atoms with Crippen LogP contribution in [0.15, 0.2) is 42.7 Å². The Morgan fingerprint density at radius 3 is 2.92 bits per heavy atom. The van der Waals surface area contributed by atoms with Gasteiger partial charge in [0.2, 0.25) is 11.8 Å². The minimum Gasteiger partial charge on any atom is -0.370 e. The summed E-state index contributed by atoms with van der Waals surface area (Å²) in [5, 5.41) is 3.44. The number of nitrogens with zero attached hydrogens (tertiary/aromatic N) is 3. The molecule has 2 amide bonds. The monoisotopic (exact) mass is 356 g/mol. The van der Waals surface area contributed by atoms with E-state index in [-0.39, 0.29) is 24.3 Å². The zero-order valence-corrected chi connectivity index (χ0v) is 14.2. The van der Waals surface area contributed by atoms with Gasteiger partial charge in [-0.2, -0.15) is 0 Å². The van der Waals surface area contributed by atoms with Crippen LogP contribution in [0.5, 0.6) is 0 Å². The van der Waals surface area contributed by atoms with Crippen molar-refractivity contribution in [1.82, 2.24) is 4.98 Å². The molecule has 1 saturated heterocycles. The van der Waals surface area contributed by atoms with Gasteiger partial charge in [-0.05, 0) is 24.6 Å². The third kappa shape index (κ3) is 2.93. The normalized spacial score (nSPS) is 19.6. The number of anilines is 3. The molecular formula is C18H17ClN4O2. The molecule has 2 aliphatic heterocycles. The summed E-state index contributed by atoms with van der Waals surface area (Å²) >= 11 is 6.27. The van der Waals surface area contributed by atoms with Crippen molar-refractivity contribution in [3.63, 3.8) is 0 Å². The molecule has 128 valence electrons. The van der Waals surface area contributed by atoms with Crippen molar-refractivity contribution in [3.05, 3.63) is 47.7 Å². The molecule has 3 heterocycles. The number of rotatable bonds is 2. The van der Waals surface area contributed by atoms with Crippen LogP contribution in [0.25, 0.3) is 0 Å². The van der Waals surface area contributed by atoms with Gasteiger partial charge in [-0.25, -0.2) is 0 Å². The summed E-state index contributed by atoms with van der Waals surface area (Å²) in [5.74, 6) is -0.394. The van der Waals surface area contributed by atoms with Gasteiger partial charge in [0, 0.05) is 19.3 Å². The lowest BCUT2D eigenvalue weighted by molar-refractivity contribution is -0.124. The largest absolute Gasteiger partial charge is 0.370 e. The molecule has 0 radical (unpaired) electrons. The third-order valence-electron chi connectivity index (χ3n) is 4.66. The highest BCUT2D eigenvalue weighted by atomic mass is 35.5. The van der Waals surface area contributed by atoms with E-state index in [9.17, 15) is 9.59 Å². The smallest absolute Gasteiger partial charge is 0.244 e. The fourth-order valence-electron chi connectivity index (χ4n) is 3.44. The SMILES string of the molecule is O=C1CN(C(=O)C2CCN(c3ccccc3Cl)C2)c2ccncc2N1. The predicted octanol–water partition coefficient (Wildman–Crippen LogP) is 2.55. The van der Waals surface area contributed by atoms with Crippen molar-refractivity contribution in [2.24, 2.45) is 5.92 Å². The Morgan fingerprint density at radius 2 is 2.08 bits per heavy atom. The van der Waals surface area contributed by atoms with Crippen LogP contribution in [0.4, 0.5) is 17.1 Å². The zero-order valence-electron chi connectivity index (χ0n) is 13.5. The number of carbonyl (C=O) groups excluding carboxylic acids is 2. The Hall–Kier alpha value is -2.60. The first-order chi connectivity index (χ1) is 12.1. The molecule has 2 aliphatic rings. The van der Waals surface area contributed by atoms with E-state index >= 15 is 0 Å². The number of pyridine rings is 1. The highest BCUT2D eigenvalue weighted by Gasteiger charge is 2.35. The average Bonchev–Trinajstić information content (AvgIpc) is 3.10. The molecule has 1 aromatic carbocycles. The quantitative estimate of drug-likeness (QED) is 0.898. The number of amides is 2. The Balaban J connectivity index is 1.55. The maximum atomic E-state index is 13.0. The lowest BCUT2D eigenvalue weighted by Crippen LogP contribution is -2.45. The van der Waals surface area contributed by atoms with Gasteiger partial charge in [-0.15, -0.1) is 0 Å². The second-order valence-electron chi connectivity index (χ2n) is 6.25. The van der Waals surface area contributed by atoms with E-state index in [2.05, 4.69) is 15.2 Å². The van der Waals surface area contributed by atoms with Crippen molar-refractivity contribution in [2.75, 3.05) is 34.8 Å². The van der Waals surface area contributed by atoms with Crippen LogP contribution in [0, 0.1) is 5.92 Å². The van der Waals surface area contributed by atoms with Crippen LogP contribution >= 0.6 is 11.6 Å². The van der Waals surface area contributed by atoms with E-state index < -0.39 is 0 Å². The molecule has 0 bridgehead atoms. The Bertz CT molecular complexity index is 841. The lowest BCUT2D eigenvalue weighted by Gasteiger charge is -2.30. The Labute approximate surface area is 150 Å². The second-order valence-corrected chi connectivity index (χ2v) is 6.66. The van der Waals surface area contributed by atoms with Crippen molar-refractivity contribution in [2.45, 2.75) is 6.42 Å². The number of benzene rings is 1. The molecule has 2 aromatic rings. The summed E-state index contributed by atoms with van der Waals surface area (Å²) in [4.78, 5) is 32.7. The van der Waals surface area contributed by atoms with Crippen molar-refractivity contribution < 1.29 is 9.59 Å². The summed E-state index contributed by atoms with van der Waals surface area (Å²) < 4.78 is 0. The molecule has 0 saturated carbocycles. The first-order valence-electron chi connectivity index (χ1n) is 8.18. The number of nitrogens with one attached hydrogen (secondary N) is 1. The van der Waals surface area contributed by atoms with E-state index in [0.29, 0.717) is 22.9 Å². The van der Waals surface area contributed by atoms with Crippen LogP contribution < -0.4 is 15.1 Å². The van der Waals surface area contributed by atoms with Gasteiger partial charge < -0.3 is 15.1 Å². The fourth-order valence-corrected chi connectivity index (χ4v) is 3.70. The first-order valence-corrected chi connectivity index (χ1v) is 8.56. The number of hydrogen-bond donors (Lipinski definition) is 1. The molecule has 0 spiro atoms. The number of hydrogen-bond acceptors (Lipinski definition) is 4. The molecule has 1 aromatic heterocycles. The highest BCUT2D eigenvalue weighted by Crippen LogP contribution is 2.33. The maximum Gasteiger partial charge on any atom is 0.244 e. The van der Waals surface area contributed by atoms with Gasteiger partial charge in [0.05, 0.1) is 34.2 Å². The highest BCUT2D eigenvalue weighted by molar-refractivity contribution is 6.33. The van der Waals surface area contributed by atoms with E-state index in [1.165, 1.54) is 0 Å². The van der Waals surface area contributed by atoms with Gasteiger partial charge in [0.25, 0.3) is 0 Å². The predicted molar refractivity (Wildman–Crippen MR) is 97.0 cm³/mol. The van der Waals surface area contributed by atoms with Gasteiger partial charge in [0.1, 0.15) is 6.54 Å². The molecule has 1 unspecified atom stereocenters. The van der Waals surface area contributed by atoms with Gasteiger partial charge >= 0.3 is 0 Å². The summed E-state index contributed by atoms with van der Waals surface area (Å²) in [6.07, 6.45) is 3.93. The Morgan fingerprint density at radius 1 is 1.24 bits per heavy atom. The number of carbonyl (C=O) groups is 2. The number of para-hydroxylation sites is 1. The molecule has 1 fully saturated rings. The van der Waals surface area contributed by atoms with Gasteiger partial charge in [-0.3, -0.25) is 14.6 Å². The maximum absolute atomic E-state index is 13.0. The lowest BCUT2D eigenvalue weighted by atomic mass is 10.1. The third-order valence-corrected chi connectivity index (χ3v) is 4.98. The van der Waals surface area contributed by atoms with Crippen LogP contribution in [-0.2, 0) is 9.59 Å². The summed E-state index contributed by atoms with van der Waals surface area (Å²) in [5.41, 5.74) is 2.23. The average molecular weight is 357 g/mol. The number of aromatic nitrogens is 1.